The fraction of sp³-hybridized carbons (Fsp3) is 0.182. The number of ether oxygens (including phenoxy) is 1. The number of halogens is 5. The number of nitrogens with zero attached hydrogens (tertiary/aromatic N) is 1. The molecular weight excluding hydrogens is 470 g/mol. The molecule has 1 N–H and O–H groups in total. The van der Waals surface area contributed by atoms with Gasteiger partial charge in [0.15, 0.2) is 5.43 Å². The minimum absolute atomic E-state index is 0.165. The predicted octanol–water partition coefficient (Wildman–Crippen LogP) is 6.03. The highest BCUT2D eigenvalue weighted by Gasteiger charge is 2.31. The Labute approximate surface area is 190 Å². The number of benzene rings is 2. The lowest BCUT2D eigenvalue weighted by molar-refractivity contribution is -0.274. The van der Waals surface area contributed by atoms with Gasteiger partial charge in [-0.15, -0.1) is 13.2 Å². The maximum absolute atomic E-state index is 12.7. The van der Waals surface area contributed by atoms with E-state index in [1.54, 1.807) is 17.6 Å². The molecule has 0 amide bonds. The smallest absolute Gasteiger partial charge is 0.477 e. The van der Waals surface area contributed by atoms with Crippen molar-refractivity contribution in [3.05, 3.63) is 85.6 Å². The van der Waals surface area contributed by atoms with Crippen LogP contribution in [0.5, 0.6) is 5.75 Å². The van der Waals surface area contributed by atoms with Crippen molar-refractivity contribution in [3.8, 4) is 17.0 Å². The number of pyridine rings is 1. The van der Waals surface area contributed by atoms with E-state index in [-0.39, 0.29) is 27.9 Å². The molecule has 10 heteroatoms. The van der Waals surface area contributed by atoms with Crippen molar-refractivity contribution in [1.29, 1.82) is 0 Å². The molecule has 168 valence electrons. The maximum Gasteiger partial charge on any atom is 0.573 e. The Balaban J connectivity index is 2.11. The number of carboxylic acid groups (broad SMARTS) is 1. The fourth-order valence-corrected chi connectivity index (χ4v) is 3.67. The second-order valence-corrected chi connectivity index (χ2v) is 7.58. The van der Waals surface area contributed by atoms with Crippen LogP contribution in [0.3, 0.4) is 0 Å². The molecule has 0 fully saturated rings. The fourth-order valence-electron chi connectivity index (χ4n) is 3.37. The average Bonchev–Trinajstić information content (AvgIpc) is 2.69. The van der Waals surface area contributed by atoms with Crippen molar-refractivity contribution >= 4 is 29.2 Å². The summed E-state index contributed by atoms with van der Waals surface area (Å²) in [6.45, 7) is 2.10. The van der Waals surface area contributed by atoms with Crippen LogP contribution in [-0.4, -0.2) is 22.0 Å². The summed E-state index contributed by atoms with van der Waals surface area (Å²) >= 11 is 12.1. The number of aromatic nitrogens is 1. The molecule has 5 nitrogen and oxygen atoms in total. The van der Waals surface area contributed by atoms with E-state index in [0.717, 1.165) is 0 Å². The minimum atomic E-state index is -4.80. The molecule has 3 rings (SSSR count). The van der Waals surface area contributed by atoms with Gasteiger partial charge in [0.05, 0.1) is 15.7 Å². The molecule has 0 aliphatic heterocycles. The van der Waals surface area contributed by atoms with Crippen LogP contribution in [0.15, 0.2) is 53.3 Å². The van der Waals surface area contributed by atoms with Crippen molar-refractivity contribution < 1.29 is 27.8 Å². The zero-order valence-electron chi connectivity index (χ0n) is 16.5. The van der Waals surface area contributed by atoms with E-state index in [2.05, 4.69) is 4.74 Å². The Morgan fingerprint density at radius 1 is 1.06 bits per heavy atom. The lowest BCUT2D eigenvalue weighted by Gasteiger charge is -2.20. The van der Waals surface area contributed by atoms with Gasteiger partial charge < -0.3 is 14.4 Å². The second-order valence-electron chi connectivity index (χ2n) is 6.77. The van der Waals surface area contributed by atoms with Gasteiger partial charge in [0.25, 0.3) is 0 Å². The third-order valence-corrected chi connectivity index (χ3v) is 5.40. The Morgan fingerprint density at radius 3 is 2.25 bits per heavy atom. The first-order chi connectivity index (χ1) is 15.0. The molecule has 1 heterocycles. The summed E-state index contributed by atoms with van der Waals surface area (Å²) in [5, 5.41) is 10.1. The van der Waals surface area contributed by atoms with Crippen molar-refractivity contribution in [3.63, 3.8) is 0 Å². The van der Waals surface area contributed by atoms with Gasteiger partial charge in [0.1, 0.15) is 11.3 Å². The third kappa shape index (κ3) is 5.26. The van der Waals surface area contributed by atoms with Gasteiger partial charge in [0, 0.05) is 30.3 Å². The Hall–Kier alpha value is -2.97. The zero-order valence-corrected chi connectivity index (χ0v) is 18.1. The Morgan fingerprint density at radius 2 is 1.72 bits per heavy atom. The highest BCUT2D eigenvalue weighted by atomic mass is 35.5. The first-order valence-corrected chi connectivity index (χ1v) is 10.1. The topological polar surface area (TPSA) is 68.5 Å². The molecular formula is C22H16Cl2F3NO4. The average molecular weight is 486 g/mol. The summed E-state index contributed by atoms with van der Waals surface area (Å²) in [6, 6.07) is 11.0. The van der Waals surface area contributed by atoms with E-state index in [0.29, 0.717) is 23.4 Å². The highest BCUT2D eigenvalue weighted by Crippen LogP contribution is 2.31. The van der Waals surface area contributed by atoms with Crippen LogP contribution in [0, 0.1) is 0 Å². The number of alkyl halides is 3. The van der Waals surface area contributed by atoms with Crippen LogP contribution < -0.4 is 10.2 Å². The maximum atomic E-state index is 12.7. The van der Waals surface area contributed by atoms with E-state index in [4.69, 9.17) is 23.2 Å². The highest BCUT2D eigenvalue weighted by molar-refractivity contribution is 6.42. The van der Waals surface area contributed by atoms with Crippen LogP contribution in [0.4, 0.5) is 13.2 Å². The van der Waals surface area contributed by atoms with Crippen molar-refractivity contribution in [1.82, 2.24) is 4.57 Å². The Bertz CT molecular complexity index is 1220. The molecule has 32 heavy (non-hydrogen) atoms. The standard InChI is InChI=1S/C22H16Cl2F3NO4/c1-2-28-14(9-12-3-6-15(7-4-12)32-22(25,26)27)11-18(29)19(21(30)31)20(28)13-5-8-16(23)17(24)10-13/h3-8,10-11H,2,9H2,1H3,(H,30,31). The van der Waals surface area contributed by atoms with E-state index in [9.17, 15) is 27.9 Å². The Kier molecular flexibility index (Phi) is 6.85. The summed E-state index contributed by atoms with van der Waals surface area (Å²) in [7, 11) is 0. The largest absolute Gasteiger partial charge is 0.573 e. The normalized spacial score (nSPS) is 11.4. The quantitative estimate of drug-likeness (QED) is 0.462. The van der Waals surface area contributed by atoms with Gasteiger partial charge in [-0.05, 0) is 36.8 Å². The molecule has 0 spiro atoms. The summed E-state index contributed by atoms with van der Waals surface area (Å²) in [5.74, 6) is -1.76. The molecule has 0 radical (unpaired) electrons. The number of carboxylic acids is 1. The van der Waals surface area contributed by atoms with Crippen LogP contribution in [0.25, 0.3) is 11.3 Å². The zero-order chi connectivity index (χ0) is 23.6. The van der Waals surface area contributed by atoms with Crippen molar-refractivity contribution in [2.24, 2.45) is 0 Å². The monoisotopic (exact) mass is 485 g/mol. The van der Waals surface area contributed by atoms with E-state index in [1.807, 2.05) is 0 Å². The van der Waals surface area contributed by atoms with Gasteiger partial charge >= 0.3 is 12.3 Å². The summed E-state index contributed by atoms with van der Waals surface area (Å²) < 4.78 is 42.6. The van der Waals surface area contributed by atoms with Crippen molar-refractivity contribution in [2.75, 3.05) is 0 Å². The molecule has 0 saturated heterocycles. The minimum Gasteiger partial charge on any atom is -0.477 e. The van der Waals surface area contributed by atoms with E-state index >= 15 is 0 Å². The van der Waals surface area contributed by atoms with Crippen LogP contribution in [0.2, 0.25) is 10.0 Å². The second kappa shape index (κ2) is 9.26. The third-order valence-electron chi connectivity index (χ3n) is 4.66. The number of carbonyl (C=O) groups is 1. The van der Waals surface area contributed by atoms with Gasteiger partial charge in [-0.3, -0.25) is 4.79 Å². The summed E-state index contributed by atoms with van der Waals surface area (Å²) in [4.78, 5) is 24.6. The van der Waals surface area contributed by atoms with Gasteiger partial charge in [0.2, 0.25) is 0 Å². The molecule has 1 aromatic heterocycles. The van der Waals surface area contributed by atoms with E-state index in [1.165, 1.54) is 42.5 Å². The lowest BCUT2D eigenvalue weighted by Crippen LogP contribution is -2.23. The molecule has 0 unspecified atom stereocenters. The first kappa shape index (κ1) is 23.7. The summed E-state index contributed by atoms with van der Waals surface area (Å²) in [6.07, 6.45) is -4.63. The van der Waals surface area contributed by atoms with E-state index < -0.39 is 23.3 Å². The first-order valence-electron chi connectivity index (χ1n) is 9.30. The van der Waals surface area contributed by atoms with Crippen molar-refractivity contribution in [2.45, 2.75) is 26.3 Å². The molecule has 0 aliphatic carbocycles. The van der Waals surface area contributed by atoms with Gasteiger partial charge in [-0.1, -0.05) is 41.4 Å². The molecule has 0 saturated carbocycles. The molecule has 0 bridgehead atoms. The molecule has 0 aliphatic rings. The molecule has 0 atom stereocenters. The number of rotatable bonds is 6. The predicted molar refractivity (Wildman–Crippen MR) is 115 cm³/mol. The van der Waals surface area contributed by atoms with Crippen LogP contribution >= 0.6 is 23.2 Å². The van der Waals surface area contributed by atoms with Gasteiger partial charge in [-0.25, -0.2) is 4.79 Å². The molecule has 2 aromatic carbocycles. The number of hydrogen-bond donors (Lipinski definition) is 1. The molecule has 3 aromatic rings. The number of aromatic carboxylic acids is 1. The van der Waals surface area contributed by atoms with Crippen LogP contribution in [-0.2, 0) is 13.0 Å². The SMILES string of the molecule is CCn1c(Cc2ccc(OC(F)(F)F)cc2)cc(=O)c(C(=O)O)c1-c1ccc(Cl)c(Cl)c1. The summed E-state index contributed by atoms with van der Waals surface area (Å²) in [5.41, 5.74) is 0.528. The van der Waals surface area contributed by atoms with Gasteiger partial charge in [-0.2, -0.15) is 0 Å². The van der Waals surface area contributed by atoms with Crippen LogP contribution in [0.1, 0.15) is 28.5 Å². The lowest BCUT2D eigenvalue weighted by atomic mass is 10.0. The number of hydrogen-bond acceptors (Lipinski definition) is 3.